The van der Waals surface area contributed by atoms with Gasteiger partial charge in [0.1, 0.15) is 5.82 Å². The van der Waals surface area contributed by atoms with Crippen LogP contribution in [0.2, 0.25) is 0 Å². The first kappa shape index (κ1) is 12.3. The van der Waals surface area contributed by atoms with Crippen LogP contribution in [0.5, 0.6) is 0 Å². The summed E-state index contributed by atoms with van der Waals surface area (Å²) in [6.07, 6.45) is 4.10. The lowest BCUT2D eigenvalue weighted by Crippen LogP contribution is -2.26. The summed E-state index contributed by atoms with van der Waals surface area (Å²) in [6.45, 7) is 0.525. The molecule has 2 aromatic rings. The first-order valence-electron chi connectivity index (χ1n) is 5.79. The highest BCUT2D eigenvalue weighted by atomic mass is 16.2. The van der Waals surface area contributed by atoms with E-state index >= 15 is 0 Å². The van der Waals surface area contributed by atoms with Crippen molar-refractivity contribution in [1.29, 1.82) is 0 Å². The molecule has 1 amide bonds. The number of rotatable bonds is 4. The molecule has 2 rings (SSSR count). The number of pyridine rings is 1. The molecule has 0 fully saturated rings. The molecule has 0 aromatic carbocycles. The third-order valence-corrected chi connectivity index (χ3v) is 2.71. The molecule has 0 atom stereocenters. The van der Waals surface area contributed by atoms with Gasteiger partial charge in [-0.15, -0.1) is 0 Å². The van der Waals surface area contributed by atoms with E-state index in [1.54, 1.807) is 36.5 Å². The minimum Gasteiger partial charge on any atom is -0.348 e. The van der Waals surface area contributed by atoms with Crippen molar-refractivity contribution in [1.82, 2.24) is 9.97 Å². The highest BCUT2D eigenvalue weighted by molar-refractivity contribution is 6.05. The molecule has 0 aliphatic heterocycles. The molecule has 0 bridgehead atoms. The fourth-order valence-corrected chi connectivity index (χ4v) is 1.73. The molecule has 0 aliphatic rings. The highest BCUT2D eigenvalue weighted by Gasteiger charge is 2.14. The van der Waals surface area contributed by atoms with Crippen LogP contribution in [-0.4, -0.2) is 29.5 Å². The summed E-state index contributed by atoms with van der Waals surface area (Å²) >= 11 is 0. The van der Waals surface area contributed by atoms with Gasteiger partial charge in [-0.3, -0.25) is 14.7 Å². The molecule has 0 spiro atoms. The standard InChI is InChI=1S/C13H16N4O/c1-17(12-3-2-7-16-12)13(18)10-5-8-15-11(9-10)4-6-14/h2-3,5,7-9,16H,4,6,14H2,1H3. The van der Waals surface area contributed by atoms with Crippen molar-refractivity contribution < 1.29 is 4.79 Å². The summed E-state index contributed by atoms with van der Waals surface area (Å²) in [5.41, 5.74) is 6.94. The molecule has 2 aromatic heterocycles. The Kier molecular flexibility index (Phi) is 3.74. The van der Waals surface area contributed by atoms with Crippen molar-refractivity contribution in [3.05, 3.63) is 47.9 Å². The average Bonchev–Trinajstić information content (AvgIpc) is 2.91. The number of hydrogen-bond acceptors (Lipinski definition) is 3. The molecular formula is C13H16N4O. The van der Waals surface area contributed by atoms with Gasteiger partial charge >= 0.3 is 0 Å². The Morgan fingerprint density at radius 2 is 2.33 bits per heavy atom. The predicted molar refractivity (Wildman–Crippen MR) is 70.5 cm³/mol. The predicted octanol–water partition coefficient (Wildman–Crippen LogP) is 1.19. The van der Waals surface area contributed by atoms with E-state index in [2.05, 4.69) is 9.97 Å². The van der Waals surface area contributed by atoms with Gasteiger partial charge in [-0.2, -0.15) is 0 Å². The first-order valence-corrected chi connectivity index (χ1v) is 5.79. The number of aromatic nitrogens is 2. The van der Waals surface area contributed by atoms with Crippen LogP contribution in [0, 0.1) is 0 Å². The Bertz CT molecular complexity index is 522. The zero-order chi connectivity index (χ0) is 13.0. The second kappa shape index (κ2) is 5.46. The highest BCUT2D eigenvalue weighted by Crippen LogP contribution is 2.13. The minimum absolute atomic E-state index is 0.0712. The maximum atomic E-state index is 12.2. The van der Waals surface area contributed by atoms with Crippen molar-refractivity contribution in [2.75, 3.05) is 18.5 Å². The maximum Gasteiger partial charge on any atom is 0.259 e. The summed E-state index contributed by atoms with van der Waals surface area (Å²) < 4.78 is 0. The Hall–Kier alpha value is -2.14. The molecule has 94 valence electrons. The zero-order valence-corrected chi connectivity index (χ0v) is 10.3. The van der Waals surface area contributed by atoms with Crippen LogP contribution < -0.4 is 10.6 Å². The van der Waals surface area contributed by atoms with Crippen LogP contribution >= 0.6 is 0 Å². The molecule has 5 heteroatoms. The van der Waals surface area contributed by atoms with E-state index in [1.165, 1.54) is 0 Å². The van der Waals surface area contributed by atoms with Crippen molar-refractivity contribution in [2.45, 2.75) is 6.42 Å². The molecule has 3 N–H and O–H groups in total. The smallest absolute Gasteiger partial charge is 0.259 e. The van der Waals surface area contributed by atoms with Crippen LogP contribution in [0.15, 0.2) is 36.7 Å². The third kappa shape index (κ3) is 2.57. The fraction of sp³-hybridized carbons (Fsp3) is 0.231. The molecular weight excluding hydrogens is 228 g/mol. The van der Waals surface area contributed by atoms with E-state index in [1.807, 2.05) is 12.1 Å². The molecule has 2 heterocycles. The van der Waals surface area contributed by atoms with E-state index in [0.29, 0.717) is 18.5 Å². The summed E-state index contributed by atoms with van der Waals surface area (Å²) in [5, 5.41) is 0. The van der Waals surface area contributed by atoms with E-state index in [-0.39, 0.29) is 5.91 Å². The molecule has 0 saturated heterocycles. The molecule has 18 heavy (non-hydrogen) atoms. The Balaban J connectivity index is 2.20. The normalized spacial score (nSPS) is 10.3. The Morgan fingerprint density at radius 3 is 3.00 bits per heavy atom. The summed E-state index contributed by atoms with van der Waals surface area (Å²) in [5.74, 6) is 0.690. The fourth-order valence-electron chi connectivity index (χ4n) is 1.73. The van der Waals surface area contributed by atoms with Gasteiger partial charge in [0.05, 0.1) is 0 Å². The van der Waals surface area contributed by atoms with Crippen LogP contribution in [0.3, 0.4) is 0 Å². The van der Waals surface area contributed by atoms with Crippen molar-refractivity contribution in [3.63, 3.8) is 0 Å². The van der Waals surface area contributed by atoms with Crippen molar-refractivity contribution >= 4 is 11.7 Å². The van der Waals surface area contributed by atoms with E-state index in [0.717, 1.165) is 11.5 Å². The second-order valence-corrected chi connectivity index (χ2v) is 3.99. The van der Waals surface area contributed by atoms with Gasteiger partial charge < -0.3 is 10.7 Å². The number of anilines is 1. The number of carbonyl (C=O) groups is 1. The number of carbonyl (C=O) groups excluding carboxylic acids is 1. The number of aromatic amines is 1. The third-order valence-electron chi connectivity index (χ3n) is 2.71. The van der Waals surface area contributed by atoms with Gasteiger partial charge in [0.2, 0.25) is 0 Å². The lowest BCUT2D eigenvalue weighted by atomic mass is 10.1. The number of amides is 1. The first-order chi connectivity index (χ1) is 8.72. The van der Waals surface area contributed by atoms with E-state index in [9.17, 15) is 4.79 Å². The largest absolute Gasteiger partial charge is 0.348 e. The Morgan fingerprint density at radius 1 is 1.50 bits per heavy atom. The molecule has 5 nitrogen and oxygen atoms in total. The summed E-state index contributed by atoms with van der Waals surface area (Å²) in [4.78, 5) is 21.0. The Labute approximate surface area is 106 Å². The topological polar surface area (TPSA) is 75.0 Å². The number of nitrogens with zero attached hydrogens (tertiary/aromatic N) is 2. The monoisotopic (exact) mass is 244 g/mol. The number of nitrogens with one attached hydrogen (secondary N) is 1. The quantitative estimate of drug-likeness (QED) is 0.848. The van der Waals surface area contributed by atoms with Gasteiger partial charge in [-0.1, -0.05) is 0 Å². The second-order valence-electron chi connectivity index (χ2n) is 3.99. The van der Waals surface area contributed by atoms with Crippen molar-refractivity contribution in [3.8, 4) is 0 Å². The summed E-state index contributed by atoms with van der Waals surface area (Å²) in [6, 6.07) is 7.20. The van der Waals surface area contributed by atoms with Gasteiger partial charge in [-0.25, -0.2) is 0 Å². The van der Waals surface area contributed by atoms with Crippen LogP contribution in [0.1, 0.15) is 16.1 Å². The molecule has 0 radical (unpaired) electrons. The lowest BCUT2D eigenvalue weighted by molar-refractivity contribution is 0.0992. The zero-order valence-electron chi connectivity index (χ0n) is 10.3. The van der Waals surface area contributed by atoms with Crippen LogP contribution in [0.25, 0.3) is 0 Å². The molecule has 0 saturated carbocycles. The number of hydrogen-bond donors (Lipinski definition) is 2. The van der Waals surface area contributed by atoms with Crippen LogP contribution in [0.4, 0.5) is 5.82 Å². The minimum atomic E-state index is -0.0712. The number of nitrogens with two attached hydrogens (primary N) is 1. The SMILES string of the molecule is CN(C(=O)c1ccnc(CCN)c1)c1ccc[nH]1. The van der Waals surface area contributed by atoms with Gasteiger partial charge in [-0.05, 0) is 30.8 Å². The van der Waals surface area contributed by atoms with Gasteiger partial charge in [0.25, 0.3) is 5.91 Å². The van der Waals surface area contributed by atoms with Gasteiger partial charge in [0.15, 0.2) is 0 Å². The maximum absolute atomic E-state index is 12.2. The van der Waals surface area contributed by atoms with Crippen LogP contribution in [-0.2, 0) is 6.42 Å². The molecule has 0 unspecified atom stereocenters. The lowest BCUT2D eigenvalue weighted by Gasteiger charge is -2.15. The van der Waals surface area contributed by atoms with E-state index in [4.69, 9.17) is 5.73 Å². The molecule has 0 aliphatic carbocycles. The van der Waals surface area contributed by atoms with Gasteiger partial charge in [0, 0.05) is 37.1 Å². The van der Waals surface area contributed by atoms with Crippen molar-refractivity contribution in [2.24, 2.45) is 5.73 Å². The number of H-pyrrole nitrogens is 1. The summed E-state index contributed by atoms with van der Waals surface area (Å²) in [7, 11) is 1.73. The average molecular weight is 244 g/mol. The van der Waals surface area contributed by atoms with E-state index < -0.39 is 0 Å².